The van der Waals surface area contributed by atoms with Gasteiger partial charge in [-0.3, -0.25) is 0 Å². The molecule has 0 bridgehead atoms. The van der Waals surface area contributed by atoms with Crippen molar-refractivity contribution in [2.75, 3.05) is 0 Å². The van der Waals surface area contributed by atoms with Crippen LogP contribution >= 0.6 is 0 Å². The van der Waals surface area contributed by atoms with Crippen LogP contribution in [-0.4, -0.2) is 9.13 Å². The third-order valence-electron chi connectivity index (χ3n) is 8.58. The zero-order valence-electron chi connectivity index (χ0n) is 26.0. The molecule has 2 nitrogen and oxygen atoms in total. The quantitative estimate of drug-likeness (QED) is 0.196. The zero-order valence-corrected chi connectivity index (χ0v) is 26.0. The largest absolute Gasteiger partial charge is 0.321 e. The van der Waals surface area contributed by atoms with Gasteiger partial charge in [-0.25, -0.2) is 0 Å². The number of allylic oxidation sites excluding steroid dienone is 1. The molecule has 6 aromatic carbocycles. The summed E-state index contributed by atoms with van der Waals surface area (Å²) >= 11 is 0. The summed E-state index contributed by atoms with van der Waals surface area (Å²) in [7, 11) is 0. The Morgan fingerprint density at radius 3 is 1.89 bits per heavy atom. The number of hydrogen-bond donors (Lipinski definition) is 0. The number of para-hydroxylation sites is 2. The Kier molecular flexibility index (Phi) is 7.63. The Labute approximate surface area is 265 Å². The van der Waals surface area contributed by atoms with Gasteiger partial charge in [0.15, 0.2) is 0 Å². The van der Waals surface area contributed by atoms with Crippen LogP contribution in [0.2, 0.25) is 0 Å². The van der Waals surface area contributed by atoms with E-state index in [1.807, 2.05) is 18.2 Å². The molecule has 2 heteroatoms. The van der Waals surface area contributed by atoms with Gasteiger partial charge in [0.1, 0.15) is 0 Å². The number of aryl methyl sites for hydroxylation is 2. The lowest BCUT2D eigenvalue weighted by Crippen LogP contribution is -1.93. The highest BCUT2D eigenvalue weighted by Gasteiger charge is 2.13. The first-order chi connectivity index (χ1) is 22.1. The second-order valence-electron chi connectivity index (χ2n) is 11.7. The molecule has 0 aliphatic carbocycles. The highest BCUT2D eigenvalue weighted by Crippen LogP contribution is 2.35. The van der Waals surface area contributed by atoms with Gasteiger partial charge >= 0.3 is 0 Å². The number of hydrogen-bond acceptors (Lipinski definition) is 0. The maximum absolute atomic E-state index is 2.36. The third-order valence-corrected chi connectivity index (χ3v) is 8.58. The lowest BCUT2D eigenvalue weighted by atomic mass is 10.0. The standard InChI is InChI=1S/C36H28N2.C7H8/c1-25-10-6-7-11-27(25)22-26(2)37-21-20-30-23-28(16-18-34(30)37)29-17-19-36-33(24-29)32-14-8-9-15-35(32)38(36)31-12-4-3-5-13-31;1-7-5-3-2-4-6-7/h3-24H,1-2H3;2-6H,1H3/b26-22+;. The van der Waals surface area contributed by atoms with Crippen LogP contribution in [0, 0.1) is 13.8 Å². The van der Waals surface area contributed by atoms with Crippen molar-refractivity contribution in [2.24, 2.45) is 0 Å². The van der Waals surface area contributed by atoms with E-state index < -0.39 is 0 Å². The SMILES string of the molecule is C/C(=C\c1ccccc1C)n1ccc2cc(-c3ccc4c(c3)c3ccccc3n4-c3ccccc3)ccc21.Cc1ccccc1. The summed E-state index contributed by atoms with van der Waals surface area (Å²) in [6.45, 7) is 6.42. The average Bonchev–Trinajstić information content (AvgIpc) is 3.66. The Balaban J connectivity index is 0.000000412. The molecule has 0 aliphatic rings. The van der Waals surface area contributed by atoms with E-state index in [4.69, 9.17) is 0 Å². The topological polar surface area (TPSA) is 9.86 Å². The predicted octanol–water partition coefficient (Wildman–Crippen LogP) is 11.7. The molecular formula is C43H36N2. The Morgan fingerprint density at radius 2 is 1.16 bits per heavy atom. The summed E-state index contributed by atoms with van der Waals surface area (Å²) < 4.78 is 4.64. The molecule has 0 unspecified atom stereocenters. The first-order valence-corrected chi connectivity index (χ1v) is 15.5. The molecule has 218 valence electrons. The molecule has 0 N–H and O–H groups in total. The number of nitrogens with zero attached hydrogens (tertiary/aromatic N) is 2. The molecule has 0 atom stereocenters. The number of benzene rings is 6. The minimum absolute atomic E-state index is 1.18. The van der Waals surface area contributed by atoms with Gasteiger partial charge < -0.3 is 9.13 Å². The van der Waals surface area contributed by atoms with Gasteiger partial charge in [-0.1, -0.05) is 109 Å². The highest BCUT2D eigenvalue weighted by atomic mass is 15.0. The van der Waals surface area contributed by atoms with E-state index in [-0.39, 0.29) is 0 Å². The first kappa shape index (κ1) is 28.2. The fourth-order valence-electron chi connectivity index (χ4n) is 6.22. The minimum Gasteiger partial charge on any atom is -0.321 e. The van der Waals surface area contributed by atoms with Crippen molar-refractivity contribution >= 4 is 44.5 Å². The number of aromatic nitrogens is 2. The van der Waals surface area contributed by atoms with Crippen molar-refractivity contribution < 1.29 is 0 Å². The van der Waals surface area contributed by atoms with Crippen molar-refractivity contribution in [1.29, 1.82) is 0 Å². The van der Waals surface area contributed by atoms with Crippen molar-refractivity contribution in [3.8, 4) is 16.8 Å². The molecule has 0 spiro atoms. The van der Waals surface area contributed by atoms with Crippen molar-refractivity contribution in [3.05, 3.63) is 175 Å². The predicted molar refractivity (Wildman–Crippen MR) is 194 cm³/mol. The maximum atomic E-state index is 2.36. The van der Waals surface area contributed by atoms with Crippen LogP contribution in [0.3, 0.4) is 0 Å². The van der Waals surface area contributed by atoms with Gasteiger partial charge in [-0.15, -0.1) is 0 Å². The number of fused-ring (bicyclic) bond motifs is 4. The zero-order chi connectivity index (χ0) is 30.8. The van der Waals surface area contributed by atoms with E-state index in [0.29, 0.717) is 0 Å². The fourth-order valence-corrected chi connectivity index (χ4v) is 6.22. The number of rotatable bonds is 4. The average molecular weight is 581 g/mol. The summed E-state index contributed by atoms with van der Waals surface area (Å²) in [4.78, 5) is 0. The lowest BCUT2D eigenvalue weighted by molar-refractivity contribution is 1.16. The molecule has 8 rings (SSSR count). The molecule has 0 saturated carbocycles. The van der Waals surface area contributed by atoms with Gasteiger partial charge in [0.25, 0.3) is 0 Å². The summed E-state index contributed by atoms with van der Waals surface area (Å²) in [5.74, 6) is 0. The van der Waals surface area contributed by atoms with Gasteiger partial charge in [0, 0.05) is 33.7 Å². The van der Waals surface area contributed by atoms with Crippen LogP contribution in [0.25, 0.3) is 61.3 Å². The molecule has 0 fully saturated rings. The molecule has 0 amide bonds. The molecule has 2 heterocycles. The monoisotopic (exact) mass is 580 g/mol. The molecule has 2 aromatic heterocycles. The molecule has 0 radical (unpaired) electrons. The van der Waals surface area contributed by atoms with E-state index >= 15 is 0 Å². The Bertz CT molecular complexity index is 2280. The van der Waals surface area contributed by atoms with Gasteiger partial charge in [-0.05, 0) is 97.6 Å². The highest BCUT2D eigenvalue weighted by molar-refractivity contribution is 6.10. The molecular weight excluding hydrogens is 544 g/mol. The van der Waals surface area contributed by atoms with Crippen molar-refractivity contribution in [3.63, 3.8) is 0 Å². The van der Waals surface area contributed by atoms with Gasteiger partial charge in [0.05, 0.1) is 16.6 Å². The summed E-state index contributed by atoms with van der Waals surface area (Å²) in [6.07, 6.45) is 4.44. The molecule has 0 saturated heterocycles. The lowest BCUT2D eigenvalue weighted by Gasteiger charge is -2.09. The summed E-state index contributed by atoms with van der Waals surface area (Å²) in [5.41, 5.74) is 12.4. The van der Waals surface area contributed by atoms with Crippen molar-refractivity contribution in [2.45, 2.75) is 20.8 Å². The molecule has 8 aromatic rings. The van der Waals surface area contributed by atoms with E-state index in [1.165, 1.54) is 71.9 Å². The maximum Gasteiger partial charge on any atom is 0.0541 e. The van der Waals surface area contributed by atoms with E-state index in [0.717, 1.165) is 0 Å². The van der Waals surface area contributed by atoms with Gasteiger partial charge in [0.2, 0.25) is 0 Å². The first-order valence-electron chi connectivity index (χ1n) is 15.5. The summed E-state index contributed by atoms with van der Waals surface area (Å²) in [5, 5.41) is 3.79. The minimum atomic E-state index is 1.18. The Morgan fingerprint density at radius 1 is 0.533 bits per heavy atom. The van der Waals surface area contributed by atoms with Crippen LogP contribution in [0.4, 0.5) is 0 Å². The van der Waals surface area contributed by atoms with E-state index in [2.05, 4.69) is 176 Å². The van der Waals surface area contributed by atoms with Crippen LogP contribution in [0.1, 0.15) is 23.6 Å². The van der Waals surface area contributed by atoms with Gasteiger partial charge in [-0.2, -0.15) is 0 Å². The van der Waals surface area contributed by atoms with Crippen LogP contribution in [0.15, 0.2) is 158 Å². The van der Waals surface area contributed by atoms with E-state index in [1.54, 1.807) is 0 Å². The summed E-state index contributed by atoms with van der Waals surface area (Å²) in [6, 6.07) is 54.0. The molecule has 45 heavy (non-hydrogen) atoms. The van der Waals surface area contributed by atoms with Crippen LogP contribution < -0.4 is 0 Å². The van der Waals surface area contributed by atoms with Crippen LogP contribution in [0.5, 0.6) is 0 Å². The van der Waals surface area contributed by atoms with Crippen molar-refractivity contribution in [1.82, 2.24) is 9.13 Å². The second kappa shape index (κ2) is 12.2. The Hall–Kier alpha value is -5.60. The van der Waals surface area contributed by atoms with E-state index in [9.17, 15) is 0 Å². The second-order valence-corrected chi connectivity index (χ2v) is 11.7. The third kappa shape index (κ3) is 5.59. The van der Waals surface area contributed by atoms with Crippen LogP contribution in [-0.2, 0) is 0 Å². The fraction of sp³-hybridized carbons (Fsp3) is 0.0698. The molecule has 0 aliphatic heterocycles. The normalized spacial score (nSPS) is 11.6. The smallest absolute Gasteiger partial charge is 0.0541 e.